The van der Waals surface area contributed by atoms with Gasteiger partial charge in [0.15, 0.2) is 0 Å². The standard InChI is InChI=1S/CH3.7Fe.H2N.7H2S.V/h1H3;;;;;;;;8*1H2;/q-1;;;;;;;+2;-1;;;;;;;;/p-1. The molecule has 0 bridgehead atoms. The van der Waals surface area contributed by atoms with Crippen molar-refractivity contribution in [2.45, 2.75) is 0 Å². The van der Waals surface area contributed by atoms with Gasteiger partial charge in [0.25, 0.3) is 0 Å². The fraction of sp³-hybridized carbons (Fsp3) is 0. The van der Waals surface area contributed by atoms with E-state index in [2.05, 4.69) is 0 Å². The van der Waals surface area contributed by atoms with Crippen LogP contribution in [0.1, 0.15) is 0 Å². The maximum Gasteiger partial charge on any atom is 2.00 e. The van der Waals surface area contributed by atoms with Crippen molar-refractivity contribution >= 4 is 94.5 Å². The van der Waals surface area contributed by atoms with Gasteiger partial charge in [-0.15, -0.1) is 0 Å². The van der Waals surface area contributed by atoms with Crippen molar-refractivity contribution in [2.24, 2.45) is 0 Å². The molecule has 0 saturated heterocycles. The first-order valence-corrected chi connectivity index (χ1v) is 0. The minimum absolute atomic E-state index is 0. The van der Waals surface area contributed by atoms with Gasteiger partial charge in [-0.25, -0.2) is 0 Å². The molecule has 0 heterocycles. The summed E-state index contributed by atoms with van der Waals surface area (Å²) in [5, 5.41) is 0. The van der Waals surface area contributed by atoms with E-state index in [9.17, 15) is 0 Å². The molecule has 0 atom stereocenters. The van der Waals surface area contributed by atoms with Gasteiger partial charge in [-0.05, 0) is 0 Å². The largest absolute Gasteiger partial charge is 2.00 e. The molecule has 1 nitrogen and oxygen atoms in total. The van der Waals surface area contributed by atoms with Gasteiger partial charge in [-0.1, -0.05) is 40.5 Å². The predicted octanol–water partition coefficient (Wildman–Crippen LogP) is -2.35. The minimum atomic E-state index is 0. The van der Waals surface area contributed by atoms with Crippen molar-refractivity contribution < 1.29 is 138 Å². The van der Waals surface area contributed by atoms with Crippen LogP contribution >= 0.6 is 0 Å². The second kappa shape index (κ2) is 241. The number of hydrogen-bond acceptors (Lipinski definition) is 4. The molecule has 0 aromatic heterocycles. The summed E-state index contributed by atoms with van der Waals surface area (Å²) in [7, 11) is 0. The van der Waals surface area contributed by atoms with Crippen LogP contribution in [0.25, 0.3) is 6.15 Å². The van der Waals surface area contributed by atoms with Crippen LogP contribution in [0, 0.1) is 7.43 Å². The van der Waals surface area contributed by atoms with Crippen molar-refractivity contribution in [3.05, 3.63) is 13.6 Å². The van der Waals surface area contributed by atoms with Gasteiger partial charge in [0.1, 0.15) is 0 Å². The van der Waals surface area contributed by atoms with E-state index in [-0.39, 0.29) is 246 Å². The van der Waals surface area contributed by atoms with Gasteiger partial charge >= 0.3 is 17.1 Å². The molecule has 16 heteroatoms. The second-order valence-corrected chi connectivity index (χ2v) is 0. The molecule has 0 rings (SSSR count). The Labute approximate surface area is 241 Å². The second-order valence-electron chi connectivity index (χ2n) is 0. The molecule has 0 aromatic carbocycles. The van der Waals surface area contributed by atoms with E-state index in [1.54, 1.807) is 0 Å². The maximum absolute atomic E-state index is 0. The van der Waals surface area contributed by atoms with Crippen molar-refractivity contribution in [3.8, 4) is 0 Å². The van der Waals surface area contributed by atoms with Crippen molar-refractivity contribution in [1.82, 2.24) is 0 Å². The molecule has 2 N–H and O–H groups in total. The SMILES string of the molecule is [CH3-].[Fe+2].[Fe].[Fe].[Fe].[Fe].[Fe].[Fe].[NH2-].[SH-].[SH-].[SH-].[SH-].[SH3+].[SH3+].[SH3+].[V]. The first-order valence-electron chi connectivity index (χ1n) is 0. The molecule has 0 aliphatic carbocycles. The number of thiol groups is 4. The third kappa shape index (κ3) is 219. The molecule has 0 aliphatic heterocycles. The Morgan fingerprint density at radius 1 is 0.412 bits per heavy atom. The molecule has 0 aliphatic rings. The average Bonchev–Trinajstić information content (AvgIpc) is 0. The molecular formula is CH18Fe7NS7V-. The Morgan fingerprint density at radius 2 is 0.412 bits per heavy atom. The predicted molar refractivity (Wildman–Crippen MR) is 81.4 cm³/mol. The quantitative estimate of drug-likeness (QED) is 0.0929. The normalized spacial score (nSPS) is 0. The van der Waals surface area contributed by atoms with E-state index in [1.165, 1.54) is 0 Å². The molecule has 0 unspecified atom stereocenters. The topological polar surface area (TPSA) is 33.5 Å². The molecule has 17 heavy (non-hydrogen) atoms. The van der Waals surface area contributed by atoms with E-state index in [4.69, 9.17) is 0 Å². The molecule has 1 radical (unpaired) electrons. The summed E-state index contributed by atoms with van der Waals surface area (Å²) >= 11 is 0. The van der Waals surface area contributed by atoms with Crippen LogP contribution in [0.4, 0.5) is 0 Å². The molecule has 0 spiro atoms. The van der Waals surface area contributed by atoms with Crippen LogP contribution in [0.15, 0.2) is 0 Å². The summed E-state index contributed by atoms with van der Waals surface area (Å²) in [6, 6.07) is 0. The van der Waals surface area contributed by atoms with E-state index in [0.717, 1.165) is 0 Å². The molecule has 131 valence electrons. The first kappa shape index (κ1) is 275. The van der Waals surface area contributed by atoms with Crippen LogP contribution in [0.3, 0.4) is 0 Å². The summed E-state index contributed by atoms with van der Waals surface area (Å²) < 4.78 is 0. The number of nitrogens with two attached hydrogens (primary N) is 1. The van der Waals surface area contributed by atoms with E-state index in [1.807, 2.05) is 0 Å². The van der Waals surface area contributed by atoms with Crippen LogP contribution in [0.2, 0.25) is 0 Å². The summed E-state index contributed by atoms with van der Waals surface area (Å²) in [5.74, 6) is 0. The summed E-state index contributed by atoms with van der Waals surface area (Å²) in [4.78, 5) is 0. The van der Waals surface area contributed by atoms with Crippen LogP contribution in [0.5, 0.6) is 0 Å². The molecule has 0 amide bonds. The van der Waals surface area contributed by atoms with Crippen LogP contribution < -0.4 is 0 Å². The Balaban J connectivity index is 0. The zero-order valence-electron chi connectivity index (χ0n) is 8.02. The smallest absolute Gasteiger partial charge is 0.813 e. The van der Waals surface area contributed by atoms with E-state index in [0.29, 0.717) is 0 Å². The van der Waals surface area contributed by atoms with Gasteiger partial charge in [-0.2, -0.15) is 0 Å². The van der Waals surface area contributed by atoms with Gasteiger partial charge in [0.05, 0.1) is 0 Å². The summed E-state index contributed by atoms with van der Waals surface area (Å²) in [5.41, 5.74) is 0. The van der Waals surface area contributed by atoms with Gasteiger partial charge < -0.3 is 67.6 Å². The van der Waals surface area contributed by atoms with Gasteiger partial charge in [0, 0.05) is 121 Å². The van der Waals surface area contributed by atoms with Crippen LogP contribution in [-0.4, -0.2) is 0 Å². The van der Waals surface area contributed by atoms with Crippen molar-refractivity contribution in [3.63, 3.8) is 0 Å². The molecule has 0 saturated carbocycles. The third-order valence-electron chi connectivity index (χ3n) is 0. The number of rotatable bonds is 0. The van der Waals surface area contributed by atoms with E-state index >= 15 is 0 Å². The fourth-order valence-electron chi connectivity index (χ4n) is 0. The fourth-order valence-corrected chi connectivity index (χ4v) is 0. The molecule has 0 aromatic rings. The monoisotopic (exact) mass is 710 g/mol. The number of hydrogen-bond donors (Lipinski definition) is 0. The van der Waals surface area contributed by atoms with Crippen LogP contribution in [-0.2, 0) is 233 Å². The average molecular weight is 710 g/mol. The Bertz CT molecular complexity index is 30.2. The Morgan fingerprint density at radius 3 is 0.412 bits per heavy atom. The van der Waals surface area contributed by atoms with Gasteiger partial charge in [-0.3, -0.25) is 0 Å². The zero-order chi connectivity index (χ0) is 0. The van der Waals surface area contributed by atoms with Gasteiger partial charge in [0.2, 0.25) is 0 Å². The Kier molecular flexibility index (Phi) is 3900. The summed E-state index contributed by atoms with van der Waals surface area (Å²) in [6.45, 7) is 0. The third-order valence-corrected chi connectivity index (χ3v) is 0. The molecule has 0 fully saturated rings. The van der Waals surface area contributed by atoms with E-state index < -0.39 is 0 Å². The summed E-state index contributed by atoms with van der Waals surface area (Å²) in [6.07, 6.45) is 0. The van der Waals surface area contributed by atoms with Crippen molar-refractivity contribution in [2.75, 3.05) is 0 Å². The zero-order valence-corrected chi connectivity index (χ0v) is 24.2. The Hall–Kier alpha value is 6.63. The molecular weight excluding hydrogens is 692 g/mol. The first-order chi connectivity index (χ1) is 0. The minimum Gasteiger partial charge on any atom is -0.813 e. The maximum atomic E-state index is 0. The van der Waals surface area contributed by atoms with Crippen molar-refractivity contribution in [1.29, 1.82) is 0 Å².